The summed E-state index contributed by atoms with van der Waals surface area (Å²) in [4.78, 5) is 29.1. The van der Waals surface area contributed by atoms with Gasteiger partial charge in [0.25, 0.3) is 0 Å². The lowest BCUT2D eigenvalue weighted by Crippen LogP contribution is -2.47. The summed E-state index contributed by atoms with van der Waals surface area (Å²) < 4.78 is 11.3. The molecule has 2 atom stereocenters. The Bertz CT molecular complexity index is 951. The molecule has 1 aromatic heterocycles. The van der Waals surface area contributed by atoms with Crippen molar-refractivity contribution in [2.24, 2.45) is 0 Å². The van der Waals surface area contributed by atoms with Gasteiger partial charge in [-0.2, -0.15) is 5.26 Å². The minimum absolute atomic E-state index is 0.178. The molecule has 3 heterocycles. The molecule has 8 heteroatoms. The molecule has 4 rings (SSSR count). The Morgan fingerprint density at radius 1 is 1.37 bits per heavy atom. The van der Waals surface area contributed by atoms with Gasteiger partial charge in [-0.1, -0.05) is 6.07 Å². The number of fused-ring (bicyclic) bond motifs is 3. The number of nitrogens with zero attached hydrogens (tertiary/aromatic N) is 3. The Morgan fingerprint density at radius 2 is 2.19 bits per heavy atom. The number of amides is 2. The van der Waals surface area contributed by atoms with Gasteiger partial charge in [-0.25, -0.2) is 9.78 Å². The molecule has 1 saturated heterocycles. The molecule has 2 aromatic rings. The monoisotopic (exact) mass is 364 g/mol. The van der Waals surface area contributed by atoms with E-state index in [2.05, 4.69) is 10.3 Å². The molecule has 8 nitrogen and oxygen atoms in total. The minimum atomic E-state index is -0.461. The van der Waals surface area contributed by atoms with Crippen LogP contribution in [0.5, 0.6) is 5.75 Å². The zero-order valence-corrected chi connectivity index (χ0v) is 14.5. The number of carbonyl (C=O) groups excluding carboxylic acids is 2. The Hall–Kier alpha value is -3.60. The highest BCUT2D eigenvalue weighted by Crippen LogP contribution is 2.40. The van der Waals surface area contributed by atoms with Crippen LogP contribution >= 0.6 is 0 Å². The highest BCUT2D eigenvalue weighted by atomic mass is 16.6. The molecule has 0 bridgehead atoms. The standard InChI is InChI=1S/C19H16N4O4/c1-11(24)21-9-18-16-10-26-17-6-12(13-2-4-14(7-20)22-8-13)3-5-15(17)23(16)19(25)27-18/h2-6,8,16,18H,9-10H2,1H3,(H,21,24)/t16-,18+/m1/s1. The summed E-state index contributed by atoms with van der Waals surface area (Å²) in [5.74, 6) is 0.396. The third kappa shape index (κ3) is 3.04. The number of pyridine rings is 1. The van der Waals surface area contributed by atoms with Crippen molar-refractivity contribution >= 4 is 17.7 Å². The summed E-state index contributed by atoms with van der Waals surface area (Å²) in [7, 11) is 0. The fraction of sp³-hybridized carbons (Fsp3) is 0.263. The molecule has 0 aliphatic carbocycles. The zero-order chi connectivity index (χ0) is 19.0. The van der Waals surface area contributed by atoms with Crippen LogP contribution in [0, 0.1) is 11.3 Å². The quantitative estimate of drug-likeness (QED) is 0.891. The van der Waals surface area contributed by atoms with Gasteiger partial charge in [0, 0.05) is 18.7 Å². The van der Waals surface area contributed by atoms with Crippen LogP contribution in [0.2, 0.25) is 0 Å². The van der Waals surface area contributed by atoms with E-state index >= 15 is 0 Å². The lowest BCUT2D eigenvalue weighted by atomic mass is 10.0. The average molecular weight is 364 g/mol. The molecule has 2 aliphatic rings. The second-order valence-electron chi connectivity index (χ2n) is 6.33. The highest BCUT2D eigenvalue weighted by molar-refractivity contribution is 5.94. The summed E-state index contributed by atoms with van der Waals surface area (Å²) in [6.45, 7) is 1.94. The maximum atomic E-state index is 12.3. The van der Waals surface area contributed by atoms with E-state index in [4.69, 9.17) is 14.7 Å². The van der Waals surface area contributed by atoms with Gasteiger partial charge in [0.05, 0.1) is 12.2 Å². The molecule has 0 unspecified atom stereocenters. The van der Waals surface area contributed by atoms with Gasteiger partial charge in [-0.15, -0.1) is 0 Å². The molecule has 0 radical (unpaired) electrons. The number of anilines is 1. The van der Waals surface area contributed by atoms with Crippen molar-refractivity contribution in [2.75, 3.05) is 18.1 Å². The smallest absolute Gasteiger partial charge is 0.415 e. The van der Waals surface area contributed by atoms with Crippen molar-refractivity contribution in [1.82, 2.24) is 10.3 Å². The molecule has 1 N–H and O–H groups in total. The van der Waals surface area contributed by atoms with Crippen LogP contribution in [0.3, 0.4) is 0 Å². The molecule has 0 spiro atoms. The largest absolute Gasteiger partial charge is 0.489 e. The van der Waals surface area contributed by atoms with Gasteiger partial charge >= 0.3 is 6.09 Å². The van der Waals surface area contributed by atoms with E-state index in [1.807, 2.05) is 24.3 Å². The molecule has 1 fully saturated rings. The Balaban J connectivity index is 1.60. The number of rotatable bonds is 3. The van der Waals surface area contributed by atoms with Gasteiger partial charge in [0.2, 0.25) is 5.91 Å². The van der Waals surface area contributed by atoms with Crippen LogP contribution in [-0.2, 0) is 9.53 Å². The summed E-state index contributed by atoms with van der Waals surface area (Å²) >= 11 is 0. The summed E-state index contributed by atoms with van der Waals surface area (Å²) in [6.07, 6.45) is 0.712. The van der Waals surface area contributed by atoms with Crippen LogP contribution in [-0.4, -0.2) is 42.3 Å². The maximum absolute atomic E-state index is 12.3. The predicted molar refractivity (Wildman–Crippen MR) is 95.1 cm³/mol. The Labute approximate surface area is 155 Å². The number of carbonyl (C=O) groups is 2. The molecule has 27 heavy (non-hydrogen) atoms. The summed E-state index contributed by atoms with van der Waals surface area (Å²) in [5.41, 5.74) is 2.69. The number of ether oxygens (including phenoxy) is 2. The van der Waals surface area contributed by atoms with Crippen LogP contribution in [0.25, 0.3) is 11.1 Å². The third-order valence-corrected chi connectivity index (χ3v) is 4.60. The molecule has 2 aliphatic heterocycles. The lowest BCUT2D eigenvalue weighted by Gasteiger charge is -2.31. The lowest BCUT2D eigenvalue weighted by molar-refractivity contribution is -0.119. The molecular formula is C19H16N4O4. The molecule has 1 aromatic carbocycles. The minimum Gasteiger partial charge on any atom is -0.489 e. The van der Waals surface area contributed by atoms with Crippen molar-refractivity contribution in [1.29, 1.82) is 5.26 Å². The van der Waals surface area contributed by atoms with E-state index in [-0.39, 0.29) is 25.1 Å². The van der Waals surface area contributed by atoms with Crippen LogP contribution < -0.4 is 15.0 Å². The number of hydrogen-bond donors (Lipinski definition) is 1. The molecule has 136 valence electrons. The number of cyclic esters (lactones) is 1. The summed E-state index contributed by atoms with van der Waals surface area (Å²) in [5, 5.41) is 11.5. The van der Waals surface area contributed by atoms with Crippen LogP contribution in [0.4, 0.5) is 10.5 Å². The zero-order valence-electron chi connectivity index (χ0n) is 14.5. The van der Waals surface area contributed by atoms with E-state index in [1.165, 1.54) is 6.92 Å². The first-order chi connectivity index (χ1) is 13.1. The number of nitrogens with one attached hydrogen (secondary N) is 1. The maximum Gasteiger partial charge on any atom is 0.415 e. The predicted octanol–water partition coefficient (Wildman–Crippen LogP) is 1.84. The van der Waals surface area contributed by atoms with E-state index in [9.17, 15) is 9.59 Å². The van der Waals surface area contributed by atoms with E-state index in [0.717, 1.165) is 11.1 Å². The van der Waals surface area contributed by atoms with Crippen LogP contribution in [0.1, 0.15) is 12.6 Å². The van der Waals surface area contributed by atoms with Gasteiger partial charge in [0.1, 0.15) is 36.3 Å². The average Bonchev–Trinajstić information content (AvgIpc) is 3.02. The molecule has 0 saturated carbocycles. The normalized spacial score (nSPS) is 20.0. The number of hydrogen-bond acceptors (Lipinski definition) is 6. The SMILES string of the molecule is CC(=O)NC[C@@H]1OC(=O)N2c3ccc(-c4ccc(C#N)nc4)cc3OC[C@H]12. The Kier molecular flexibility index (Phi) is 4.12. The van der Waals surface area contributed by atoms with E-state index < -0.39 is 12.2 Å². The third-order valence-electron chi connectivity index (χ3n) is 4.60. The van der Waals surface area contributed by atoms with Gasteiger partial charge < -0.3 is 14.8 Å². The van der Waals surface area contributed by atoms with Crippen molar-refractivity contribution in [3.63, 3.8) is 0 Å². The van der Waals surface area contributed by atoms with Crippen molar-refractivity contribution in [3.05, 3.63) is 42.2 Å². The van der Waals surface area contributed by atoms with E-state index in [1.54, 1.807) is 23.2 Å². The second-order valence-corrected chi connectivity index (χ2v) is 6.33. The number of aromatic nitrogens is 1. The number of benzene rings is 1. The topological polar surface area (TPSA) is 105 Å². The first-order valence-electron chi connectivity index (χ1n) is 8.44. The molecular weight excluding hydrogens is 348 g/mol. The highest BCUT2D eigenvalue weighted by Gasteiger charge is 2.46. The first-order valence-corrected chi connectivity index (χ1v) is 8.44. The fourth-order valence-electron chi connectivity index (χ4n) is 3.26. The van der Waals surface area contributed by atoms with Crippen molar-refractivity contribution < 1.29 is 19.1 Å². The van der Waals surface area contributed by atoms with Gasteiger partial charge in [-0.05, 0) is 29.8 Å². The fourth-order valence-corrected chi connectivity index (χ4v) is 3.26. The number of nitriles is 1. The van der Waals surface area contributed by atoms with Crippen LogP contribution in [0.15, 0.2) is 36.5 Å². The first kappa shape index (κ1) is 16.8. The van der Waals surface area contributed by atoms with Gasteiger partial charge in [0.15, 0.2) is 0 Å². The van der Waals surface area contributed by atoms with Crippen molar-refractivity contribution in [3.8, 4) is 22.9 Å². The summed E-state index contributed by atoms with van der Waals surface area (Å²) in [6, 6.07) is 10.7. The second kappa shape index (κ2) is 6.61. The van der Waals surface area contributed by atoms with Crippen molar-refractivity contribution in [2.45, 2.75) is 19.1 Å². The van der Waals surface area contributed by atoms with E-state index in [0.29, 0.717) is 17.1 Å². The Morgan fingerprint density at radius 3 is 2.89 bits per heavy atom. The molecule has 2 amide bonds. The van der Waals surface area contributed by atoms with Gasteiger partial charge in [-0.3, -0.25) is 9.69 Å².